The minimum Gasteiger partial charge on any atom is -0.485 e. The van der Waals surface area contributed by atoms with Crippen molar-refractivity contribution in [2.45, 2.75) is 46.1 Å². The molecular formula is C29H35N5O5. The standard InChI is InChI=1S/C28H31N5O5.CH4/c1-28(2,29)27(35)30-22(18-37-16-19-10-6-4-7-11-19)24-31-32-25-23(38-17-20-12-8-5-9-13-20)14-21(15-33(24)25)26(34)36-3;/h4-15,22H,16-18,29H2,1-3H3,(H,30,35);1H4/t22-;/m1./s1. The number of nitrogens with one attached hydrogen (secondary N) is 1. The lowest BCUT2D eigenvalue weighted by Gasteiger charge is -2.23. The molecular weight excluding hydrogens is 498 g/mol. The number of carbonyl (C=O) groups excluding carboxylic acids is 2. The average Bonchev–Trinajstić information content (AvgIpc) is 3.35. The van der Waals surface area contributed by atoms with Crippen LogP contribution in [-0.4, -0.2) is 45.7 Å². The maximum absolute atomic E-state index is 12.8. The summed E-state index contributed by atoms with van der Waals surface area (Å²) in [6.07, 6.45) is 1.55. The van der Waals surface area contributed by atoms with Gasteiger partial charge in [0.25, 0.3) is 0 Å². The molecule has 0 radical (unpaired) electrons. The quantitative estimate of drug-likeness (QED) is 0.278. The normalized spacial score (nSPS) is 11.9. The van der Waals surface area contributed by atoms with Crippen LogP contribution in [0.3, 0.4) is 0 Å². The van der Waals surface area contributed by atoms with Crippen LogP contribution in [0, 0.1) is 0 Å². The molecule has 2 aromatic carbocycles. The van der Waals surface area contributed by atoms with E-state index < -0.39 is 23.5 Å². The number of benzene rings is 2. The van der Waals surface area contributed by atoms with Gasteiger partial charge in [-0.15, -0.1) is 10.2 Å². The number of amides is 1. The van der Waals surface area contributed by atoms with Crippen molar-refractivity contribution in [2.24, 2.45) is 5.73 Å². The highest BCUT2D eigenvalue weighted by atomic mass is 16.5. The van der Waals surface area contributed by atoms with E-state index in [1.165, 1.54) is 7.11 Å². The first-order valence-corrected chi connectivity index (χ1v) is 12.1. The second kappa shape index (κ2) is 13.0. The molecule has 0 bridgehead atoms. The van der Waals surface area contributed by atoms with Crippen molar-refractivity contribution in [2.75, 3.05) is 13.7 Å². The van der Waals surface area contributed by atoms with Crippen LogP contribution < -0.4 is 15.8 Å². The molecule has 0 saturated carbocycles. The smallest absolute Gasteiger partial charge is 0.339 e. The molecule has 10 nitrogen and oxygen atoms in total. The predicted octanol–water partition coefficient (Wildman–Crippen LogP) is 3.84. The number of nitrogens with two attached hydrogens (primary N) is 1. The highest BCUT2D eigenvalue weighted by molar-refractivity contribution is 5.90. The molecule has 3 N–H and O–H groups in total. The van der Waals surface area contributed by atoms with Gasteiger partial charge >= 0.3 is 5.97 Å². The lowest BCUT2D eigenvalue weighted by molar-refractivity contribution is -0.126. The van der Waals surface area contributed by atoms with Gasteiger partial charge in [-0.1, -0.05) is 68.1 Å². The van der Waals surface area contributed by atoms with Gasteiger partial charge in [0.05, 0.1) is 31.4 Å². The largest absolute Gasteiger partial charge is 0.485 e. The topological polar surface area (TPSA) is 130 Å². The van der Waals surface area contributed by atoms with Crippen LogP contribution in [0.5, 0.6) is 5.75 Å². The molecule has 206 valence electrons. The molecule has 0 unspecified atom stereocenters. The van der Waals surface area contributed by atoms with Gasteiger partial charge in [-0.2, -0.15) is 0 Å². The fourth-order valence-electron chi connectivity index (χ4n) is 3.68. The number of rotatable bonds is 11. The van der Waals surface area contributed by atoms with Gasteiger partial charge in [-0.3, -0.25) is 9.20 Å². The zero-order chi connectivity index (χ0) is 27.1. The molecule has 4 rings (SSSR count). The predicted molar refractivity (Wildman–Crippen MR) is 147 cm³/mol. The van der Waals surface area contributed by atoms with Crippen LogP contribution in [0.1, 0.15) is 54.6 Å². The van der Waals surface area contributed by atoms with Crippen molar-refractivity contribution < 1.29 is 23.8 Å². The molecule has 39 heavy (non-hydrogen) atoms. The van der Waals surface area contributed by atoms with E-state index in [4.69, 9.17) is 19.9 Å². The number of fused-ring (bicyclic) bond motifs is 1. The van der Waals surface area contributed by atoms with Crippen molar-refractivity contribution >= 4 is 17.5 Å². The summed E-state index contributed by atoms with van der Waals surface area (Å²) >= 11 is 0. The Kier molecular flexibility index (Phi) is 9.75. The van der Waals surface area contributed by atoms with Gasteiger partial charge in [-0.25, -0.2) is 4.79 Å². The zero-order valence-electron chi connectivity index (χ0n) is 21.6. The summed E-state index contributed by atoms with van der Waals surface area (Å²) in [6, 6.07) is 20.1. The van der Waals surface area contributed by atoms with E-state index in [1.54, 1.807) is 30.5 Å². The molecule has 0 aliphatic heterocycles. The second-order valence-electron chi connectivity index (χ2n) is 9.36. The van der Waals surface area contributed by atoms with Crippen LogP contribution in [0.25, 0.3) is 5.65 Å². The maximum atomic E-state index is 12.8. The van der Waals surface area contributed by atoms with Crippen LogP contribution in [0.15, 0.2) is 72.9 Å². The number of esters is 1. The number of nitrogens with zero attached hydrogens (tertiary/aromatic N) is 3. The Morgan fingerprint density at radius 3 is 2.21 bits per heavy atom. The summed E-state index contributed by atoms with van der Waals surface area (Å²) in [5, 5.41) is 11.6. The first-order chi connectivity index (χ1) is 18.3. The lowest BCUT2D eigenvalue weighted by Crippen LogP contribution is -2.50. The highest BCUT2D eigenvalue weighted by Crippen LogP contribution is 2.25. The van der Waals surface area contributed by atoms with E-state index in [1.807, 2.05) is 60.7 Å². The Morgan fingerprint density at radius 1 is 1.00 bits per heavy atom. The SMILES string of the molecule is C.COC(=O)c1cc(OCc2ccccc2)c2nnc([C@@H](COCc3ccccc3)NC(=O)C(C)(C)N)n2c1. The Bertz CT molecular complexity index is 1380. The minimum absolute atomic E-state index is 0. The zero-order valence-corrected chi connectivity index (χ0v) is 21.6. The van der Waals surface area contributed by atoms with Gasteiger partial charge in [0.2, 0.25) is 11.6 Å². The Labute approximate surface area is 228 Å². The summed E-state index contributed by atoms with van der Waals surface area (Å²) in [7, 11) is 1.30. The van der Waals surface area contributed by atoms with Crippen molar-refractivity contribution in [1.29, 1.82) is 0 Å². The third-order valence-electron chi connectivity index (χ3n) is 5.75. The summed E-state index contributed by atoms with van der Waals surface area (Å²) in [5.41, 5.74) is 7.43. The molecule has 10 heteroatoms. The van der Waals surface area contributed by atoms with Crippen molar-refractivity contribution in [3.05, 3.63) is 95.4 Å². The molecule has 4 aromatic rings. The van der Waals surface area contributed by atoms with Crippen LogP contribution in [-0.2, 0) is 27.5 Å². The van der Waals surface area contributed by atoms with Gasteiger partial charge in [0.15, 0.2) is 11.6 Å². The molecule has 0 fully saturated rings. The summed E-state index contributed by atoms with van der Waals surface area (Å²) in [4.78, 5) is 25.3. The van der Waals surface area contributed by atoms with E-state index in [2.05, 4.69) is 15.5 Å². The molecule has 2 heterocycles. The number of carbonyl (C=O) groups is 2. The van der Waals surface area contributed by atoms with E-state index in [-0.39, 0.29) is 26.2 Å². The van der Waals surface area contributed by atoms with Crippen LogP contribution in [0.4, 0.5) is 0 Å². The van der Waals surface area contributed by atoms with E-state index >= 15 is 0 Å². The summed E-state index contributed by atoms with van der Waals surface area (Å²) < 4.78 is 18.5. The third-order valence-corrected chi connectivity index (χ3v) is 5.75. The van der Waals surface area contributed by atoms with Gasteiger partial charge in [-0.05, 0) is 25.0 Å². The second-order valence-corrected chi connectivity index (χ2v) is 9.36. The van der Waals surface area contributed by atoms with Gasteiger partial charge < -0.3 is 25.3 Å². The number of pyridine rings is 1. The van der Waals surface area contributed by atoms with Crippen molar-refractivity contribution in [3.63, 3.8) is 0 Å². The van der Waals surface area contributed by atoms with E-state index in [0.29, 0.717) is 23.8 Å². The molecule has 1 amide bonds. The molecule has 0 aliphatic carbocycles. The first-order valence-electron chi connectivity index (χ1n) is 12.1. The number of hydrogen-bond acceptors (Lipinski definition) is 8. The van der Waals surface area contributed by atoms with E-state index in [0.717, 1.165) is 11.1 Å². The molecule has 0 saturated heterocycles. The number of aromatic nitrogens is 3. The molecule has 0 spiro atoms. The Morgan fingerprint density at radius 2 is 1.62 bits per heavy atom. The maximum Gasteiger partial charge on any atom is 0.339 e. The number of ether oxygens (including phenoxy) is 3. The Hall–Kier alpha value is -4.28. The number of hydrogen-bond donors (Lipinski definition) is 2. The van der Waals surface area contributed by atoms with Crippen LogP contribution >= 0.6 is 0 Å². The van der Waals surface area contributed by atoms with Crippen molar-refractivity contribution in [3.8, 4) is 5.75 Å². The summed E-state index contributed by atoms with van der Waals surface area (Å²) in [5.74, 6) is -0.265. The average molecular weight is 534 g/mol. The first kappa shape index (κ1) is 29.3. The Balaban J connectivity index is 0.00000420. The molecule has 0 aliphatic rings. The third kappa shape index (κ3) is 7.40. The summed E-state index contributed by atoms with van der Waals surface area (Å²) in [6.45, 7) is 3.88. The van der Waals surface area contributed by atoms with Crippen LogP contribution in [0.2, 0.25) is 0 Å². The monoisotopic (exact) mass is 533 g/mol. The van der Waals surface area contributed by atoms with E-state index in [9.17, 15) is 9.59 Å². The van der Waals surface area contributed by atoms with Gasteiger partial charge in [0.1, 0.15) is 12.6 Å². The van der Waals surface area contributed by atoms with Crippen molar-refractivity contribution in [1.82, 2.24) is 19.9 Å². The van der Waals surface area contributed by atoms with Gasteiger partial charge in [0, 0.05) is 12.3 Å². The molecule has 2 aromatic heterocycles. The highest BCUT2D eigenvalue weighted by Gasteiger charge is 2.29. The minimum atomic E-state index is -1.14. The fourth-order valence-corrected chi connectivity index (χ4v) is 3.68. The number of methoxy groups -OCH3 is 1. The molecule has 1 atom stereocenters. The fraction of sp³-hybridized carbons (Fsp3) is 0.310. The lowest BCUT2D eigenvalue weighted by atomic mass is 10.1.